The molecule has 1 aromatic heterocycles. The summed E-state index contributed by atoms with van der Waals surface area (Å²) in [7, 11) is 0. The zero-order chi connectivity index (χ0) is 22.6. The summed E-state index contributed by atoms with van der Waals surface area (Å²) in [6.07, 6.45) is 11.5. The maximum Gasteiger partial charge on any atom is 0.225 e. The smallest absolute Gasteiger partial charge is 0.225 e. The third kappa shape index (κ3) is 9.13. The summed E-state index contributed by atoms with van der Waals surface area (Å²) in [5.41, 5.74) is 0. The Hall–Kier alpha value is -1.70. The highest BCUT2D eigenvalue weighted by Crippen LogP contribution is 2.37. The van der Waals surface area contributed by atoms with E-state index in [9.17, 15) is 20.1 Å². The highest BCUT2D eigenvalue weighted by molar-refractivity contribution is 5.89. The van der Waals surface area contributed by atoms with Crippen LogP contribution >= 0.6 is 0 Å². The van der Waals surface area contributed by atoms with E-state index in [-0.39, 0.29) is 17.7 Å². The van der Waals surface area contributed by atoms with Gasteiger partial charge < -0.3 is 25.2 Å². The summed E-state index contributed by atoms with van der Waals surface area (Å²) in [4.78, 5) is 11.9. The molecule has 0 aliphatic heterocycles. The highest BCUT2D eigenvalue weighted by atomic mass is 16.5. The molecule has 4 N–H and O–H groups in total. The highest BCUT2D eigenvalue weighted by Gasteiger charge is 2.39. The van der Waals surface area contributed by atoms with Gasteiger partial charge in [0.05, 0.1) is 18.3 Å². The zero-order valence-electron chi connectivity index (χ0n) is 19.0. The summed E-state index contributed by atoms with van der Waals surface area (Å²) in [6.45, 7) is 3.91. The van der Waals surface area contributed by atoms with Crippen LogP contribution in [0.25, 0.3) is 0 Å². The largest absolute Gasteiger partial charge is 0.393 e. The molecule has 7 nitrogen and oxygen atoms in total. The van der Waals surface area contributed by atoms with E-state index in [4.69, 9.17) is 4.52 Å². The molecule has 1 saturated carbocycles. The SMILES string of the molecule is CCCCC[C@H](O)/C=C/[C@@H]1C(CCCCCCC(=O)Nc2cc(C)on2)[C@@H](O)C[C@H]1O. The Morgan fingerprint density at radius 2 is 2.00 bits per heavy atom. The molecule has 1 heterocycles. The molecule has 1 aliphatic carbocycles. The lowest BCUT2D eigenvalue weighted by atomic mass is 9.88. The Kier molecular flexibility index (Phi) is 11.3. The third-order valence-electron chi connectivity index (χ3n) is 6.16. The molecule has 176 valence electrons. The second-order valence-electron chi connectivity index (χ2n) is 8.88. The van der Waals surface area contributed by atoms with E-state index in [1.165, 1.54) is 0 Å². The van der Waals surface area contributed by atoms with Gasteiger partial charge in [0, 0.05) is 24.8 Å². The van der Waals surface area contributed by atoms with E-state index in [1.807, 2.05) is 6.08 Å². The molecule has 1 aliphatic rings. The van der Waals surface area contributed by atoms with Crippen LogP contribution in [0.2, 0.25) is 0 Å². The number of anilines is 1. The first-order chi connectivity index (χ1) is 14.9. The van der Waals surface area contributed by atoms with Gasteiger partial charge in [0.2, 0.25) is 5.91 Å². The predicted molar refractivity (Wildman–Crippen MR) is 120 cm³/mol. The topological polar surface area (TPSA) is 116 Å². The third-order valence-corrected chi connectivity index (χ3v) is 6.16. The Balaban J connectivity index is 1.65. The van der Waals surface area contributed by atoms with Gasteiger partial charge >= 0.3 is 0 Å². The number of unbranched alkanes of at least 4 members (excludes halogenated alkanes) is 5. The number of nitrogens with zero attached hydrogens (tertiary/aromatic N) is 1. The van der Waals surface area contributed by atoms with Crippen molar-refractivity contribution in [3.05, 3.63) is 24.0 Å². The predicted octanol–water partition coefficient (Wildman–Crippen LogP) is 4.12. The molecule has 31 heavy (non-hydrogen) atoms. The number of nitrogens with one attached hydrogen (secondary N) is 1. The molecule has 0 bridgehead atoms. The Morgan fingerprint density at radius 1 is 1.23 bits per heavy atom. The van der Waals surface area contributed by atoms with Crippen LogP contribution in [0.15, 0.2) is 22.7 Å². The van der Waals surface area contributed by atoms with Crippen LogP contribution in [-0.4, -0.2) is 44.7 Å². The van der Waals surface area contributed by atoms with Crippen LogP contribution in [0, 0.1) is 18.8 Å². The lowest BCUT2D eigenvalue weighted by Crippen LogP contribution is -2.21. The van der Waals surface area contributed by atoms with Gasteiger partial charge in [-0.25, -0.2) is 0 Å². The Labute approximate surface area is 185 Å². The van der Waals surface area contributed by atoms with Crippen molar-refractivity contribution in [1.82, 2.24) is 5.16 Å². The number of aryl methyl sites for hydroxylation is 1. The first kappa shape index (κ1) is 25.6. The number of aliphatic hydroxyl groups excluding tert-OH is 3. The van der Waals surface area contributed by atoms with E-state index >= 15 is 0 Å². The quantitative estimate of drug-likeness (QED) is 0.258. The summed E-state index contributed by atoms with van der Waals surface area (Å²) in [5, 5.41) is 37.3. The van der Waals surface area contributed by atoms with Gasteiger partial charge in [0.25, 0.3) is 0 Å². The molecule has 0 radical (unpaired) electrons. The number of carbonyl (C=O) groups excluding carboxylic acids is 1. The number of hydrogen-bond acceptors (Lipinski definition) is 6. The second-order valence-corrected chi connectivity index (χ2v) is 8.88. The monoisotopic (exact) mass is 436 g/mol. The van der Waals surface area contributed by atoms with Crippen molar-refractivity contribution in [3.8, 4) is 0 Å². The van der Waals surface area contributed by atoms with Crippen molar-refractivity contribution >= 4 is 11.7 Å². The number of carbonyl (C=O) groups is 1. The fraction of sp³-hybridized carbons (Fsp3) is 0.750. The number of rotatable bonds is 14. The van der Waals surface area contributed by atoms with Gasteiger partial charge in [-0.15, -0.1) is 0 Å². The lowest BCUT2D eigenvalue weighted by Gasteiger charge is -2.21. The molecule has 7 heteroatoms. The van der Waals surface area contributed by atoms with Crippen molar-refractivity contribution in [3.63, 3.8) is 0 Å². The second kappa shape index (κ2) is 13.7. The molecule has 1 amide bonds. The van der Waals surface area contributed by atoms with Crippen molar-refractivity contribution in [2.24, 2.45) is 11.8 Å². The molecule has 2 rings (SSSR count). The summed E-state index contributed by atoms with van der Waals surface area (Å²) >= 11 is 0. The molecule has 0 spiro atoms. The standard InChI is InChI=1S/C24H40N2O5/c1-3-4-7-10-18(27)13-14-20-19(21(28)16-22(20)29)11-8-5-6-9-12-24(30)25-23-15-17(2)31-26-23/h13-15,18-22,27-29H,3-12,16H2,1-2H3,(H,25,26,30)/b14-13+/t18-,19?,20+,21-,22+/m0/s1. The van der Waals surface area contributed by atoms with Crippen LogP contribution in [-0.2, 0) is 4.79 Å². The number of aliphatic hydroxyl groups is 3. The molecule has 1 aromatic rings. The first-order valence-electron chi connectivity index (χ1n) is 11.9. The molecular formula is C24H40N2O5. The van der Waals surface area contributed by atoms with Crippen molar-refractivity contribution in [2.75, 3.05) is 5.32 Å². The molecular weight excluding hydrogens is 396 g/mol. The lowest BCUT2D eigenvalue weighted by molar-refractivity contribution is -0.116. The minimum absolute atomic E-state index is 0.0211. The van der Waals surface area contributed by atoms with E-state index in [0.717, 1.165) is 57.8 Å². The molecule has 5 atom stereocenters. The van der Waals surface area contributed by atoms with Crippen LogP contribution in [0.5, 0.6) is 0 Å². The molecule has 0 saturated heterocycles. The van der Waals surface area contributed by atoms with Crippen LogP contribution in [0.3, 0.4) is 0 Å². The maximum absolute atomic E-state index is 11.9. The van der Waals surface area contributed by atoms with Gasteiger partial charge in [0.1, 0.15) is 5.76 Å². The van der Waals surface area contributed by atoms with Crippen LogP contribution in [0.4, 0.5) is 5.82 Å². The minimum Gasteiger partial charge on any atom is -0.393 e. The van der Waals surface area contributed by atoms with E-state index in [2.05, 4.69) is 17.4 Å². The van der Waals surface area contributed by atoms with Crippen molar-refractivity contribution < 1.29 is 24.6 Å². The van der Waals surface area contributed by atoms with Crippen molar-refractivity contribution in [1.29, 1.82) is 0 Å². The number of hydrogen-bond donors (Lipinski definition) is 4. The summed E-state index contributed by atoms with van der Waals surface area (Å²) in [6, 6.07) is 1.69. The maximum atomic E-state index is 11.9. The number of amides is 1. The van der Waals surface area contributed by atoms with Gasteiger partial charge in [-0.1, -0.05) is 62.8 Å². The van der Waals surface area contributed by atoms with Crippen molar-refractivity contribution in [2.45, 2.75) is 103 Å². The van der Waals surface area contributed by atoms with Gasteiger partial charge in [-0.2, -0.15) is 0 Å². The molecule has 1 unspecified atom stereocenters. The number of aromatic nitrogens is 1. The summed E-state index contributed by atoms with van der Waals surface area (Å²) in [5.74, 6) is 0.963. The average Bonchev–Trinajstić information content (AvgIpc) is 3.24. The fourth-order valence-corrected chi connectivity index (χ4v) is 4.38. The van der Waals surface area contributed by atoms with E-state index < -0.39 is 18.3 Å². The van der Waals surface area contributed by atoms with Crippen LogP contribution in [0.1, 0.15) is 83.3 Å². The zero-order valence-corrected chi connectivity index (χ0v) is 19.0. The summed E-state index contributed by atoms with van der Waals surface area (Å²) < 4.78 is 4.93. The van der Waals surface area contributed by atoms with E-state index in [0.29, 0.717) is 24.4 Å². The van der Waals surface area contributed by atoms with Gasteiger partial charge in [-0.3, -0.25) is 4.79 Å². The molecule has 1 fully saturated rings. The molecule has 0 aromatic carbocycles. The van der Waals surface area contributed by atoms with Gasteiger partial charge in [0.15, 0.2) is 5.82 Å². The Morgan fingerprint density at radius 3 is 2.71 bits per heavy atom. The fourth-order valence-electron chi connectivity index (χ4n) is 4.38. The van der Waals surface area contributed by atoms with Crippen LogP contribution < -0.4 is 5.32 Å². The average molecular weight is 437 g/mol. The normalized spacial score (nSPS) is 24.7. The minimum atomic E-state index is -0.553. The van der Waals surface area contributed by atoms with Gasteiger partial charge in [-0.05, 0) is 32.1 Å². The Bertz CT molecular complexity index is 675. The van der Waals surface area contributed by atoms with E-state index in [1.54, 1.807) is 19.1 Å². The first-order valence-corrected chi connectivity index (χ1v) is 11.9.